The smallest absolute Gasteiger partial charge is 0.289 e. The quantitative estimate of drug-likeness (QED) is 0.863. The second-order valence-corrected chi connectivity index (χ2v) is 6.19. The van der Waals surface area contributed by atoms with Crippen molar-refractivity contribution in [3.63, 3.8) is 0 Å². The van der Waals surface area contributed by atoms with Gasteiger partial charge in [-0.15, -0.1) is 0 Å². The van der Waals surface area contributed by atoms with Gasteiger partial charge in [0.05, 0.1) is 32.4 Å². The van der Waals surface area contributed by atoms with Gasteiger partial charge in [0, 0.05) is 10.7 Å². The summed E-state index contributed by atoms with van der Waals surface area (Å²) in [6, 6.07) is 10.4. The first-order chi connectivity index (χ1) is 11.6. The molecule has 1 aliphatic rings. The molecule has 126 valence electrons. The predicted octanol–water partition coefficient (Wildman–Crippen LogP) is 0.912. The van der Waals surface area contributed by atoms with Gasteiger partial charge in [0.1, 0.15) is 0 Å². The third-order valence-electron chi connectivity index (χ3n) is 4.03. The van der Waals surface area contributed by atoms with Crippen LogP contribution in [-0.4, -0.2) is 49.4 Å². The number of rotatable bonds is 4. The van der Waals surface area contributed by atoms with Crippen molar-refractivity contribution in [1.82, 2.24) is 4.90 Å². The van der Waals surface area contributed by atoms with Crippen LogP contribution in [0.15, 0.2) is 47.1 Å². The molecule has 1 aromatic carbocycles. The lowest BCUT2D eigenvalue weighted by molar-refractivity contribution is -0.895. The second kappa shape index (κ2) is 7.51. The molecule has 24 heavy (non-hydrogen) atoms. The molecule has 7 heteroatoms. The number of piperazine rings is 1. The van der Waals surface area contributed by atoms with Crippen LogP contribution in [0.25, 0.3) is 0 Å². The van der Waals surface area contributed by atoms with Gasteiger partial charge in [-0.3, -0.25) is 9.59 Å². The van der Waals surface area contributed by atoms with Crippen LogP contribution < -0.4 is 10.2 Å². The van der Waals surface area contributed by atoms with Gasteiger partial charge >= 0.3 is 0 Å². The summed E-state index contributed by atoms with van der Waals surface area (Å²) in [5.41, 5.74) is 0.732. The Morgan fingerprint density at radius 1 is 1.17 bits per heavy atom. The van der Waals surface area contributed by atoms with E-state index in [0.717, 1.165) is 23.7 Å². The van der Waals surface area contributed by atoms with Gasteiger partial charge in [-0.1, -0.05) is 11.6 Å². The van der Waals surface area contributed by atoms with Crippen LogP contribution in [0.1, 0.15) is 10.6 Å². The minimum Gasteiger partial charge on any atom is -0.459 e. The number of halogens is 1. The summed E-state index contributed by atoms with van der Waals surface area (Å²) in [6.07, 6.45) is 1.50. The van der Waals surface area contributed by atoms with Crippen LogP contribution in [-0.2, 0) is 4.79 Å². The van der Waals surface area contributed by atoms with E-state index in [2.05, 4.69) is 5.32 Å². The summed E-state index contributed by atoms with van der Waals surface area (Å²) < 4.78 is 5.14. The molecule has 0 spiro atoms. The average Bonchev–Trinajstić information content (AvgIpc) is 3.11. The van der Waals surface area contributed by atoms with Crippen molar-refractivity contribution in [2.75, 3.05) is 38.0 Å². The molecule has 1 aromatic heterocycles. The summed E-state index contributed by atoms with van der Waals surface area (Å²) in [5, 5.41) is 3.49. The Kier molecular flexibility index (Phi) is 5.17. The highest BCUT2D eigenvalue weighted by molar-refractivity contribution is 6.30. The first-order valence-electron chi connectivity index (χ1n) is 7.83. The van der Waals surface area contributed by atoms with Crippen LogP contribution in [0, 0.1) is 0 Å². The van der Waals surface area contributed by atoms with Gasteiger partial charge in [-0.05, 0) is 36.4 Å². The lowest BCUT2D eigenvalue weighted by Crippen LogP contribution is -3.15. The summed E-state index contributed by atoms with van der Waals surface area (Å²) in [6.45, 7) is 3.08. The van der Waals surface area contributed by atoms with E-state index in [-0.39, 0.29) is 11.8 Å². The molecule has 0 radical (unpaired) electrons. The van der Waals surface area contributed by atoms with E-state index in [1.807, 2.05) is 0 Å². The Bertz CT molecular complexity index is 692. The molecule has 2 heterocycles. The summed E-state index contributed by atoms with van der Waals surface area (Å²) >= 11 is 5.82. The third-order valence-corrected chi connectivity index (χ3v) is 4.28. The lowest BCUT2D eigenvalue weighted by Gasteiger charge is -2.31. The van der Waals surface area contributed by atoms with Crippen molar-refractivity contribution in [2.24, 2.45) is 0 Å². The van der Waals surface area contributed by atoms with E-state index in [1.54, 1.807) is 41.3 Å². The molecular formula is C17H19ClN3O3+. The number of nitrogens with one attached hydrogen (secondary N) is 2. The highest BCUT2D eigenvalue weighted by atomic mass is 35.5. The number of amides is 2. The molecule has 1 fully saturated rings. The number of hydrogen-bond acceptors (Lipinski definition) is 3. The minimum absolute atomic E-state index is 0.0434. The number of furan rings is 1. The van der Waals surface area contributed by atoms with Gasteiger partial charge in [-0.25, -0.2) is 0 Å². The zero-order valence-corrected chi connectivity index (χ0v) is 13.9. The number of anilines is 1. The first-order valence-corrected chi connectivity index (χ1v) is 8.21. The Labute approximate surface area is 145 Å². The average molecular weight is 349 g/mol. The second-order valence-electron chi connectivity index (χ2n) is 5.75. The molecule has 0 unspecified atom stereocenters. The molecule has 3 rings (SSSR count). The molecule has 0 aliphatic carbocycles. The number of carbonyl (C=O) groups excluding carboxylic acids is 2. The van der Waals surface area contributed by atoms with E-state index in [1.165, 1.54) is 6.26 Å². The number of nitrogens with zero attached hydrogens (tertiary/aromatic N) is 1. The van der Waals surface area contributed by atoms with Crippen LogP contribution in [0.2, 0.25) is 5.02 Å². The first kappa shape index (κ1) is 16.5. The Balaban J connectivity index is 1.46. The van der Waals surface area contributed by atoms with Gasteiger partial charge < -0.3 is 19.5 Å². The molecule has 0 saturated carbocycles. The highest BCUT2D eigenvalue weighted by Gasteiger charge is 2.26. The molecule has 2 N–H and O–H groups in total. The number of quaternary nitrogens is 1. The van der Waals surface area contributed by atoms with E-state index < -0.39 is 0 Å². The molecular weight excluding hydrogens is 330 g/mol. The van der Waals surface area contributed by atoms with E-state index in [9.17, 15) is 9.59 Å². The van der Waals surface area contributed by atoms with Gasteiger partial charge in [0.25, 0.3) is 11.8 Å². The van der Waals surface area contributed by atoms with Gasteiger partial charge in [-0.2, -0.15) is 0 Å². The molecule has 1 aliphatic heterocycles. The van der Waals surface area contributed by atoms with Crippen LogP contribution >= 0.6 is 11.6 Å². The lowest BCUT2D eigenvalue weighted by atomic mass is 10.2. The van der Waals surface area contributed by atoms with Gasteiger partial charge in [0.15, 0.2) is 12.3 Å². The number of hydrogen-bond donors (Lipinski definition) is 2. The monoisotopic (exact) mass is 348 g/mol. The maximum absolute atomic E-state index is 12.2. The fourth-order valence-corrected chi connectivity index (χ4v) is 2.85. The number of carbonyl (C=O) groups is 2. The molecule has 0 bridgehead atoms. The van der Waals surface area contributed by atoms with E-state index in [0.29, 0.717) is 30.4 Å². The normalized spacial score (nSPS) is 15.3. The summed E-state index contributed by atoms with van der Waals surface area (Å²) in [5.74, 6) is 0.224. The van der Waals surface area contributed by atoms with Crippen molar-refractivity contribution in [1.29, 1.82) is 0 Å². The maximum atomic E-state index is 12.2. The topological polar surface area (TPSA) is 67.0 Å². The minimum atomic E-state index is -0.0929. The zero-order valence-electron chi connectivity index (χ0n) is 13.1. The van der Waals surface area contributed by atoms with Crippen LogP contribution in [0.5, 0.6) is 0 Å². The highest BCUT2D eigenvalue weighted by Crippen LogP contribution is 2.13. The zero-order chi connectivity index (χ0) is 16.9. The fourth-order valence-electron chi connectivity index (χ4n) is 2.72. The Morgan fingerprint density at radius 2 is 1.88 bits per heavy atom. The van der Waals surface area contributed by atoms with E-state index in [4.69, 9.17) is 16.0 Å². The van der Waals surface area contributed by atoms with Crippen molar-refractivity contribution < 1.29 is 18.9 Å². The van der Waals surface area contributed by atoms with Crippen LogP contribution in [0.3, 0.4) is 0 Å². The van der Waals surface area contributed by atoms with E-state index >= 15 is 0 Å². The molecule has 2 amide bonds. The fraction of sp³-hybridized carbons (Fsp3) is 0.294. The standard InChI is InChI=1S/C17H18ClN3O3/c18-13-3-5-14(6-4-13)19-16(22)12-20-7-9-21(10-8-20)17(23)15-2-1-11-24-15/h1-6,11H,7-10,12H2,(H,19,22)/p+1. The summed E-state index contributed by atoms with van der Waals surface area (Å²) in [7, 11) is 0. The number of benzene rings is 1. The predicted molar refractivity (Wildman–Crippen MR) is 90.3 cm³/mol. The maximum Gasteiger partial charge on any atom is 0.289 e. The molecule has 6 nitrogen and oxygen atoms in total. The Hall–Kier alpha value is -2.31. The molecule has 2 aromatic rings. The van der Waals surface area contributed by atoms with Crippen molar-refractivity contribution in [3.8, 4) is 0 Å². The molecule has 0 atom stereocenters. The summed E-state index contributed by atoms with van der Waals surface area (Å²) in [4.78, 5) is 27.2. The molecule has 1 saturated heterocycles. The van der Waals surface area contributed by atoms with Gasteiger partial charge in [0.2, 0.25) is 0 Å². The Morgan fingerprint density at radius 3 is 2.50 bits per heavy atom. The SMILES string of the molecule is O=C(C[NH+]1CCN(C(=O)c2ccco2)CC1)Nc1ccc(Cl)cc1. The van der Waals surface area contributed by atoms with Crippen molar-refractivity contribution >= 4 is 29.1 Å². The van der Waals surface area contributed by atoms with Crippen molar-refractivity contribution in [2.45, 2.75) is 0 Å². The van der Waals surface area contributed by atoms with Crippen molar-refractivity contribution in [3.05, 3.63) is 53.4 Å². The third kappa shape index (κ3) is 4.15. The largest absolute Gasteiger partial charge is 0.459 e. The van der Waals surface area contributed by atoms with Crippen LogP contribution in [0.4, 0.5) is 5.69 Å².